The number of amides is 3. The summed E-state index contributed by atoms with van der Waals surface area (Å²) in [5.41, 5.74) is 1.41. The predicted molar refractivity (Wildman–Crippen MR) is 135 cm³/mol. The molecule has 0 fully saturated rings. The predicted octanol–water partition coefficient (Wildman–Crippen LogP) is 3.10. The fourth-order valence-electron chi connectivity index (χ4n) is 3.20. The molecule has 204 valence electrons. The summed E-state index contributed by atoms with van der Waals surface area (Å²) in [6.07, 6.45) is 0.154. The van der Waals surface area contributed by atoms with Gasteiger partial charge in [-0.25, -0.2) is 14.4 Å². The lowest BCUT2D eigenvalue weighted by Crippen LogP contribution is -2.49. The van der Waals surface area contributed by atoms with E-state index in [0.717, 1.165) is 12.0 Å². The highest BCUT2D eigenvalue weighted by Gasteiger charge is 2.27. The number of carbonyl (C=O) groups is 4. The molecule has 0 saturated carbocycles. The van der Waals surface area contributed by atoms with E-state index < -0.39 is 35.9 Å². The number of esters is 1. The van der Waals surface area contributed by atoms with Gasteiger partial charge in [0.25, 0.3) is 0 Å². The monoisotopic (exact) mass is 520 g/mol. The standard InChI is InChI=1S/C25H36N4O8/c1-6-7-12-35-23(32)28-20(22(31)34-5)15-26-21(30)14-18-13-19(29-37-18)16-8-10-17(11-9-16)27-24(33)36-25(2,3)4/h8-11,18,20H,6-7,12-15H2,1-5H3,(H,26,30)(H,27,33)(H,28,32)/t18?,20-/m0/s1. The minimum Gasteiger partial charge on any atom is -0.467 e. The van der Waals surface area contributed by atoms with E-state index in [1.54, 1.807) is 45.0 Å². The van der Waals surface area contributed by atoms with Gasteiger partial charge in [0.1, 0.15) is 17.7 Å². The van der Waals surface area contributed by atoms with Crippen LogP contribution in [0.2, 0.25) is 0 Å². The van der Waals surface area contributed by atoms with Crippen molar-refractivity contribution in [1.29, 1.82) is 0 Å². The summed E-state index contributed by atoms with van der Waals surface area (Å²) in [5, 5.41) is 11.7. The third-order valence-electron chi connectivity index (χ3n) is 5.02. The van der Waals surface area contributed by atoms with Crippen LogP contribution in [-0.4, -0.2) is 67.8 Å². The van der Waals surface area contributed by atoms with Crippen molar-refractivity contribution in [1.82, 2.24) is 10.6 Å². The van der Waals surface area contributed by atoms with Crippen molar-refractivity contribution < 1.29 is 38.2 Å². The molecule has 0 aromatic heterocycles. The molecule has 1 aromatic rings. The number of oxime groups is 1. The van der Waals surface area contributed by atoms with E-state index in [0.29, 0.717) is 24.2 Å². The van der Waals surface area contributed by atoms with Crippen LogP contribution in [0.15, 0.2) is 29.4 Å². The van der Waals surface area contributed by atoms with Gasteiger partial charge in [-0.2, -0.15) is 0 Å². The molecule has 37 heavy (non-hydrogen) atoms. The second-order valence-electron chi connectivity index (χ2n) is 9.39. The number of alkyl carbamates (subject to hydrolysis) is 1. The van der Waals surface area contributed by atoms with Gasteiger partial charge in [-0.05, 0) is 44.9 Å². The molecule has 0 aliphatic carbocycles. The number of ether oxygens (including phenoxy) is 3. The third kappa shape index (κ3) is 10.8. The van der Waals surface area contributed by atoms with Crippen LogP contribution in [0.4, 0.5) is 15.3 Å². The Labute approximate surface area is 216 Å². The summed E-state index contributed by atoms with van der Waals surface area (Å²) in [6, 6.07) is 5.91. The summed E-state index contributed by atoms with van der Waals surface area (Å²) in [4.78, 5) is 53.5. The summed E-state index contributed by atoms with van der Waals surface area (Å²) >= 11 is 0. The van der Waals surface area contributed by atoms with Gasteiger partial charge in [0.05, 0.1) is 25.8 Å². The zero-order chi connectivity index (χ0) is 27.4. The molecule has 12 heteroatoms. The average molecular weight is 521 g/mol. The maximum atomic E-state index is 12.4. The van der Waals surface area contributed by atoms with E-state index in [9.17, 15) is 19.2 Å². The molecule has 0 bridgehead atoms. The molecule has 1 aromatic carbocycles. The van der Waals surface area contributed by atoms with Crippen molar-refractivity contribution in [2.75, 3.05) is 25.6 Å². The molecule has 0 radical (unpaired) electrons. The minimum atomic E-state index is -1.09. The smallest absolute Gasteiger partial charge is 0.412 e. The summed E-state index contributed by atoms with van der Waals surface area (Å²) in [5.74, 6) is -1.09. The number of benzene rings is 1. The Morgan fingerprint density at radius 1 is 1.14 bits per heavy atom. The Balaban J connectivity index is 1.80. The number of nitrogens with zero attached hydrogens (tertiary/aromatic N) is 1. The van der Waals surface area contributed by atoms with Crippen molar-refractivity contribution in [3.05, 3.63) is 29.8 Å². The van der Waals surface area contributed by atoms with Crippen LogP contribution in [-0.2, 0) is 28.6 Å². The van der Waals surface area contributed by atoms with Gasteiger partial charge in [0.2, 0.25) is 5.91 Å². The van der Waals surface area contributed by atoms with Crippen molar-refractivity contribution >= 4 is 35.5 Å². The highest BCUT2D eigenvalue weighted by Crippen LogP contribution is 2.21. The third-order valence-corrected chi connectivity index (χ3v) is 5.02. The zero-order valence-electron chi connectivity index (χ0n) is 21.9. The Kier molecular flexibility index (Phi) is 11.2. The van der Waals surface area contributed by atoms with Gasteiger partial charge < -0.3 is 29.7 Å². The molecule has 3 N–H and O–H groups in total. The molecule has 0 spiro atoms. The number of carbonyl (C=O) groups excluding carboxylic acids is 4. The normalized spacial score (nSPS) is 15.5. The number of nitrogens with one attached hydrogen (secondary N) is 3. The maximum absolute atomic E-state index is 12.4. The maximum Gasteiger partial charge on any atom is 0.412 e. The van der Waals surface area contributed by atoms with Crippen molar-refractivity contribution in [2.45, 2.75) is 71.1 Å². The Morgan fingerprint density at radius 3 is 2.46 bits per heavy atom. The topological polar surface area (TPSA) is 154 Å². The lowest BCUT2D eigenvalue weighted by molar-refractivity contribution is -0.143. The van der Waals surface area contributed by atoms with E-state index in [4.69, 9.17) is 14.3 Å². The van der Waals surface area contributed by atoms with Gasteiger partial charge in [0, 0.05) is 18.7 Å². The van der Waals surface area contributed by atoms with Crippen LogP contribution < -0.4 is 16.0 Å². The molecule has 12 nitrogen and oxygen atoms in total. The number of unbranched alkanes of at least 4 members (excludes halogenated alkanes) is 1. The van der Waals surface area contributed by atoms with Crippen LogP contribution in [0, 0.1) is 0 Å². The van der Waals surface area contributed by atoms with Crippen LogP contribution in [0.5, 0.6) is 0 Å². The molecule has 2 atom stereocenters. The van der Waals surface area contributed by atoms with Crippen molar-refractivity contribution in [2.24, 2.45) is 5.16 Å². The van der Waals surface area contributed by atoms with Gasteiger partial charge in [-0.1, -0.05) is 30.6 Å². The fraction of sp³-hybridized carbons (Fsp3) is 0.560. The van der Waals surface area contributed by atoms with Crippen LogP contribution >= 0.6 is 0 Å². The minimum absolute atomic E-state index is 0.000121. The number of hydrogen-bond acceptors (Lipinski definition) is 9. The van der Waals surface area contributed by atoms with Gasteiger partial charge in [-0.3, -0.25) is 10.1 Å². The molecule has 1 heterocycles. The molecule has 0 saturated heterocycles. The largest absolute Gasteiger partial charge is 0.467 e. The van der Waals surface area contributed by atoms with Crippen LogP contribution in [0.25, 0.3) is 0 Å². The highest BCUT2D eigenvalue weighted by molar-refractivity contribution is 6.02. The Bertz CT molecular complexity index is 972. The first-order chi connectivity index (χ1) is 17.5. The molecule has 3 amide bonds. The van der Waals surface area contributed by atoms with Gasteiger partial charge >= 0.3 is 18.2 Å². The summed E-state index contributed by atoms with van der Waals surface area (Å²) in [7, 11) is 1.19. The first-order valence-electron chi connectivity index (χ1n) is 12.1. The van der Waals surface area contributed by atoms with E-state index in [1.807, 2.05) is 6.92 Å². The van der Waals surface area contributed by atoms with E-state index in [2.05, 4.69) is 25.8 Å². The number of anilines is 1. The summed E-state index contributed by atoms with van der Waals surface area (Å²) < 4.78 is 14.9. The molecule has 1 aliphatic heterocycles. The number of rotatable bonds is 11. The molecule has 1 unspecified atom stereocenters. The van der Waals surface area contributed by atoms with E-state index in [1.165, 1.54) is 7.11 Å². The van der Waals surface area contributed by atoms with E-state index in [-0.39, 0.29) is 25.5 Å². The average Bonchev–Trinajstić information content (AvgIpc) is 3.29. The van der Waals surface area contributed by atoms with Gasteiger partial charge in [-0.15, -0.1) is 0 Å². The molecule has 1 aliphatic rings. The van der Waals surface area contributed by atoms with E-state index >= 15 is 0 Å². The first-order valence-corrected chi connectivity index (χ1v) is 12.1. The lowest BCUT2D eigenvalue weighted by atomic mass is 10.0. The molecular formula is C25H36N4O8. The quantitative estimate of drug-likeness (QED) is 0.228. The Hall–Kier alpha value is -3.83. The Morgan fingerprint density at radius 2 is 1.84 bits per heavy atom. The highest BCUT2D eigenvalue weighted by atomic mass is 16.6. The number of hydrogen-bond donors (Lipinski definition) is 3. The van der Waals surface area contributed by atoms with Crippen molar-refractivity contribution in [3.8, 4) is 0 Å². The van der Waals surface area contributed by atoms with Crippen LogP contribution in [0.1, 0.15) is 58.9 Å². The van der Waals surface area contributed by atoms with Gasteiger partial charge in [0.15, 0.2) is 0 Å². The molecule has 2 rings (SSSR count). The summed E-state index contributed by atoms with van der Waals surface area (Å²) in [6.45, 7) is 7.37. The SMILES string of the molecule is CCCCOC(=O)N[C@@H](CNC(=O)CC1CC(c2ccc(NC(=O)OC(C)(C)C)cc2)=NO1)C(=O)OC. The lowest BCUT2D eigenvalue weighted by Gasteiger charge is -2.19. The van der Waals surface area contributed by atoms with Crippen molar-refractivity contribution in [3.63, 3.8) is 0 Å². The fourth-order valence-corrected chi connectivity index (χ4v) is 3.20. The molecular weight excluding hydrogens is 484 g/mol. The first kappa shape index (κ1) is 29.4. The number of methoxy groups -OCH3 is 1. The second kappa shape index (κ2) is 14.0. The second-order valence-corrected chi connectivity index (χ2v) is 9.39. The zero-order valence-corrected chi connectivity index (χ0v) is 21.9. The van der Waals surface area contributed by atoms with Crippen LogP contribution in [0.3, 0.4) is 0 Å².